The van der Waals surface area contributed by atoms with Crippen molar-refractivity contribution in [1.82, 2.24) is 9.97 Å². The van der Waals surface area contributed by atoms with E-state index in [0.29, 0.717) is 5.15 Å². The van der Waals surface area contributed by atoms with E-state index in [2.05, 4.69) is 16.9 Å². The maximum Gasteiger partial charge on any atom is 0.159 e. The van der Waals surface area contributed by atoms with Gasteiger partial charge in [-0.2, -0.15) is 11.8 Å². The van der Waals surface area contributed by atoms with Gasteiger partial charge in [0.25, 0.3) is 0 Å². The highest BCUT2D eigenvalue weighted by Crippen LogP contribution is 2.26. The molecule has 1 unspecified atom stereocenters. The molecule has 1 saturated heterocycles. The third-order valence-corrected chi connectivity index (χ3v) is 3.94. The third-order valence-electron chi connectivity index (χ3n) is 2.64. The van der Waals surface area contributed by atoms with Crippen LogP contribution in [0.5, 0.6) is 0 Å². The summed E-state index contributed by atoms with van der Waals surface area (Å²) in [5, 5.41) is 0.573. The maximum absolute atomic E-state index is 6.14. The van der Waals surface area contributed by atoms with E-state index in [9.17, 15) is 0 Å². The molecular formula is C11H15ClN2OS. The summed E-state index contributed by atoms with van der Waals surface area (Å²) in [5.41, 5.74) is 2.01. The number of rotatable bonds is 2. The van der Waals surface area contributed by atoms with Gasteiger partial charge in [0.2, 0.25) is 0 Å². The number of aromatic nitrogens is 2. The lowest BCUT2D eigenvalue weighted by Gasteiger charge is -2.21. The van der Waals surface area contributed by atoms with Gasteiger partial charge < -0.3 is 4.74 Å². The van der Waals surface area contributed by atoms with E-state index >= 15 is 0 Å². The van der Waals surface area contributed by atoms with Crippen LogP contribution in [0.2, 0.25) is 5.15 Å². The summed E-state index contributed by atoms with van der Waals surface area (Å²) in [4.78, 5) is 8.84. The molecule has 88 valence electrons. The Labute approximate surface area is 105 Å². The number of nitrogens with zero attached hydrogens (tertiary/aromatic N) is 2. The number of hydrogen-bond donors (Lipinski definition) is 0. The fourth-order valence-corrected chi connectivity index (χ4v) is 2.96. The van der Waals surface area contributed by atoms with Crippen molar-refractivity contribution < 1.29 is 4.74 Å². The minimum atomic E-state index is 0.000793. The molecule has 1 aliphatic heterocycles. The first-order valence-corrected chi connectivity index (χ1v) is 6.98. The van der Waals surface area contributed by atoms with E-state index in [1.165, 1.54) is 0 Å². The summed E-state index contributed by atoms with van der Waals surface area (Å²) >= 11 is 8.01. The summed E-state index contributed by atoms with van der Waals surface area (Å²) in [6.45, 7) is 4.81. The van der Waals surface area contributed by atoms with Gasteiger partial charge in [0, 0.05) is 22.8 Å². The summed E-state index contributed by atoms with van der Waals surface area (Å²) in [6, 6.07) is 0. The third kappa shape index (κ3) is 2.50. The molecule has 3 nitrogen and oxygen atoms in total. The maximum atomic E-state index is 6.14. The molecule has 1 aromatic rings. The average molecular weight is 259 g/mol. The van der Waals surface area contributed by atoms with Crippen LogP contribution in [-0.4, -0.2) is 28.1 Å². The molecule has 0 N–H and O–H groups in total. The highest BCUT2D eigenvalue weighted by Gasteiger charge is 2.21. The number of ether oxygens (including phenoxy) is 1. The second kappa shape index (κ2) is 5.34. The Hall–Kier alpha value is -0.320. The van der Waals surface area contributed by atoms with Crippen LogP contribution >= 0.6 is 23.4 Å². The van der Waals surface area contributed by atoms with Crippen LogP contribution in [0.4, 0.5) is 0 Å². The lowest BCUT2D eigenvalue weighted by atomic mass is 10.2. The van der Waals surface area contributed by atoms with Crippen LogP contribution < -0.4 is 0 Å². The smallest absolute Gasteiger partial charge is 0.159 e. The van der Waals surface area contributed by atoms with Crippen LogP contribution in [0.25, 0.3) is 0 Å². The summed E-state index contributed by atoms with van der Waals surface area (Å²) in [5.74, 6) is 2.70. The molecule has 1 atom stereocenters. The van der Waals surface area contributed by atoms with Crippen molar-refractivity contribution in [3.63, 3.8) is 0 Å². The standard InChI is InChI=1S/C11H15ClN2OS/c1-3-8-7(2)13-11(14-10(8)12)9-6-16-5-4-15-9/h9H,3-6H2,1-2H3. The van der Waals surface area contributed by atoms with Gasteiger partial charge in [0.05, 0.1) is 6.61 Å². The van der Waals surface area contributed by atoms with Crippen molar-refractivity contribution in [2.24, 2.45) is 0 Å². The Morgan fingerprint density at radius 2 is 2.31 bits per heavy atom. The predicted octanol–water partition coefficient (Wildman–Crippen LogP) is 2.81. The lowest BCUT2D eigenvalue weighted by molar-refractivity contribution is 0.0693. The second-order valence-electron chi connectivity index (χ2n) is 3.72. The molecule has 0 saturated carbocycles. The quantitative estimate of drug-likeness (QED) is 0.764. The van der Waals surface area contributed by atoms with E-state index < -0.39 is 0 Å². The molecule has 1 aliphatic rings. The lowest BCUT2D eigenvalue weighted by Crippen LogP contribution is -2.19. The topological polar surface area (TPSA) is 35.0 Å². The molecule has 2 heterocycles. The van der Waals surface area contributed by atoms with Gasteiger partial charge in [0.1, 0.15) is 11.3 Å². The van der Waals surface area contributed by atoms with Crippen LogP contribution in [0.15, 0.2) is 0 Å². The van der Waals surface area contributed by atoms with Gasteiger partial charge in [-0.3, -0.25) is 0 Å². The summed E-state index contributed by atoms with van der Waals surface area (Å²) < 4.78 is 5.64. The van der Waals surface area contributed by atoms with Crippen molar-refractivity contribution >= 4 is 23.4 Å². The zero-order chi connectivity index (χ0) is 11.5. The van der Waals surface area contributed by atoms with Crippen LogP contribution in [0.1, 0.15) is 30.1 Å². The average Bonchev–Trinajstić information content (AvgIpc) is 2.30. The van der Waals surface area contributed by atoms with Gasteiger partial charge in [-0.1, -0.05) is 18.5 Å². The Morgan fingerprint density at radius 1 is 1.50 bits per heavy atom. The highest BCUT2D eigenvalue weighted by molar-refractivity contribution is 7.99. The Kier molecular flexibility index (Phi) is 4.05. The SMILES string of the molecule is CCc1c(C)nc(C2CSCCO2)nc1Cl. The number of aryl methyl sites for hydroxylation is 1. The molecular weight excluding hydrogens is 244 g/mol. The minimum absolute atomic E-state index is 0.000793. The molecule has 2 rings (SSSR count). The van der Waals surface area contributed by atoms with Crippen molar-refractivity contribution in [3.05, 3.63) is 22.2 Å². The van der Waals surface area contributed by atoms with E-state index in [1.807, 2.05) is 18.7 Å². The Balaban J connectivity index is 2.28. The molecule has 5 heteroatoms. The van der Waals surface area contributed by atoms with Crippen molar-refractivity contribution in [1.29, 1.82) is 0 Å². The molecule has 0 bridgehead atoms. The first-order chi connectivity index (χ1) is 7.72. The molecule has 16 heavy (non-hydrogen) atoms. The van der Waals surface area contributed by atoms with Gasteiger partial charge >= 0.3 is 0 Å². The zero-order valence-corrected chi connectivity index (χ0v) is 11.1. The van der Waals surface area contributed by atoms with Crippen molar-refractivity contribution in [2.75, 3.05) is 18.1 Å². The molecule has 0 radical (unpaired) electrons. The van der Waals surface area contributed by atoms with Crippen molar-refractivity contribution in [3.8, 4) is 0 Å². The number of halogens is 1. The van der Waals surface area contributed by atoms with E-state index in [1.54, 1.807) is 0 Å². The summed E-state index contributed by atoms with van der Waals surface area (Å²) in [7, 11) is 0. The fourth-order valence-electron chi connectivity index (χ4n) is 1.76. The van der Waals surface area contributed by atoms with Gasteiger partial charge in [-0.15, -0.1) is 0 Å². The molecule has 0 amide bonds. The normalized spacial score (nSPS) is 21.1. The van der Waals surface area contributed by atoms with Crippen LogP contribution in [0.3, 0.4) is 0 Å². The van der Waals surface area contributed by atoms with Gasteiger partial charge in [-0.25, -0.2) is 9.97 Å². The van der Waals surface area contributed by atoms with E-state index in [0.717, 1.165) is 41.6 Å². The summed E-state index contributed by atoms with van der Waals surface area (Å²) in [6.07, 6.45) is 0.867. The first-order valence-electron chi connectivity index (χ1n) is 5.44. The molecule has 1 aromatic heterocycles. The van der Waals surface area contributed by atoms with Crippen LogP contribution in [0, 0.1) is 6.92 Å². The number of thioether (sulfide) groups is 1. The molecule has 0 aromatic carbocycles. The molecule has 0 spiro atoms. The molecule has 0 aliphatic carbocycles. The predicted molar refractivity (Wildman–Crippen MR) is 67.2 cm³/mol. The Bertz CT molecular complexity index is 357. The second-order valence-corrected chi connectivity index (χ2v) is 5.23. The first kappa shape index (κ1) is 12.1. The minimum Gasteiger partial charge on any atom is -0.368 e. The van der Waals surface area contributed by atoms with Gasteiger partial charge in [0.15, 0.2) is 5.82 Å². The highest BCUT2D eigenvalue weighted by atomic mass is 35.5. The molecule has 1 fully saturated rings. The van der Waals surface area contributed by atoms with E-state index in [-0.39, 0.29) is 6.10 Å². The zero-order valence-electron chi connectivity index (χ0n) is 9.49. The van der Waals surface area contributed by atoms with Crippen LogP contribution in [-0.2, 0) is 11.2 Å². The fraction of sp³-hybridized carbons (Fsp3) is 0.636. The number of hydrogen-bond acceptors (Lipinski definition) is 4. The Morgan fingerprint density at radius 3 is 2.88 bits per heavy atom. The monoisotopic (exact) mass is 258 g/mol. The largest absolute Gasteiger partial charge is 0.368 e. The van der Waals surface area contributed by atoms with Gasteiger partial charge in [-0.05, 0) is 13.3 Å². The van der Waals surface area contributed by atoms with E-state index in [4.69, 9.17) is 16.3 Å². The van der Waals surface area contributed by atoms with Crippen molar-refractivity contribution in [2.45, 2.75) is 26.4 Å².